The monoisotopic (exact) mass is 544 g/mol. The second-order valence-electron chi connectivity index (χ2n) is 11.9. The van der Waals surface area contributed by atoms with Crippen LogP contribution in [-0.4, -0.2) is 68.1 Å². The molecule has 2 atom stereocenters. The van der Waals surface area contributed by atoms with Gasteiger partial charge >= 0.3 is 6.09 Å². The second kappa shape index (κ2) is 10.9. The molecule has 2 aromatic rings. The third-order valence-corrected chi connectivity index (χ3v) is 8.73. The van der Waals surface area contributed by atoms with Crippen LogP contribution in [0.5, 0.6) is 0 Å². The van der Waals surface area contributed by atoms with Gasteiger partial charge in [0, 0.05) is 40.4 Å². The van der Waals surface area contributed by atoms with E-state index in [0.717, 1.165) is 29.9 Å². The molecule has 1 aliphatic heterocycles. The van der Waals surface area contributed by atoms with Crippen molar-refractivity contribution in [2.45, 2.75) is 82.8 Å². The fraction of sp³-hybridized carbons (Fsp3) is 0.607. The van der Waals surface area contributed by atoms with E-state index in [1.54, 1.807) is 26.0 Å². The molecule has 4 rings (SSSR count). The number of nitrogens with zero attached hydrogens (tertiary/aromatic N) is 3. The Balaban J connectivity index is 1.64. The summed E-state index contributed by atoms with van der Waals surface area (Å²) in [5, 5.41) is 12.9. The summed E-state index contributed by atoms with van der Waals surface area (Å²) >= 11 is 0. The number of benzene rings is 1. The van der Waals surface area contributed by atoms with E-state index in [9.17, 15) is 14.1 Å². The van der Waals surface area contributed by atoms with Crippen LogP contribution in [0, 0.1) is 0 Å². The standard InChI is InChI=1S/C28H40N4O5S/c1-19-18-36-15-14-32(19)23-17-22(28(11-12-28)38(35)16-13-27(5,6)34)30-24(31-23)20-7-9-21(10-8-20)29-25(33)37-26(2,3)4/h7-10,17,19,34H,11-16,18H2,1-6H3,(H,29,33)/t19-,38?/m0/s1. The average Bonchev–Trinajstić information content (AvgIpc) is 3.64. The summed E-state index contributed by atoms with van der Waals surface area (Å²) < 4.78 is 23.9. The van der Waals surface area contributed by atoms with Crippen molar-refractivity contribution in [3.05, 3.63) is 36.0 Å². The molecule has 2 aliphatic rings. The molecule has 208 valence electrons. The Morgan fingerprint density at radius 2 is 1.89 bits per heavy atom. The normalized spacial score (nSPS) is 20.1. The van der Waals surface area contributed by atoms with Crippen LogP contribution < -0.4 is 10.2 Å². The lowest BCUT2D eigenvalue weighted by molar-refractivity contribution is 0.0635. The molecule has 2 N–H and O–H groups in total. The van der Waals surface area contributed by atoms with Gasteiger partial charge in [0.15, 0.2) is 5.82 Å². The van der Waals surface area contributed by atoms with E-state index in [2.05, 4.69) is 17.1 Å². The maximum atomic E-state index is 13.5. The number of hydrogen-bond donors (Lipinski definition) is 2. The largest absolute Gasteiger partial charge is 0.444 e. The van der Waals surface area contributed by atoms with E-state index in [-0.39, 0.29) is 6.04 Å². The van der Waals surface area contributed by atoms with Gasteiger partial charge in [-0.2, -0.15) is 0 Å². The zero-order valence-corrected chi connectivity index (χ0v) is 24.1. The van der Waals surface area contributed by atoms with E-state index >= 15 is 0 Å². The Bertz CT molecular complexity index is 1170. The van der Waals surface area contributed by atoms with Crippen LogP contribution in [0.1, 0.15) is 66.5 Å². The topological polar surface area (TPSA) is 114 Å². The van der Waals surface area contributed by atoms with Gasteiger partial charge in [-0.3, -0.25) is 9.53 Å². The molecular weight excluding hydrogens is 504 g/mol. The number of aliphatic hydroxyl groups is 1. The smallest absolute Gasteiger partial charge is 0.412 e. The van der Waals surface area contributed by atoms with Gasteiger partial charge in [0.25, 0.3) is 0 Å². The molecule has 38 heavy (non-hydrogen) atoms. The van der Waals surface area contributed by atoms with Gasteiger partial charge in [-0.1, -0.05) is 0 Å². The number of carbonyl (C=O) groups excluding carboxylic acids is 1. The molecule has 1 saturated carbocycles. The van der Waals surface area contributed by atoms with Crippen LogP contribution in [0.4, 0.5) is 16.3 Å². The third kappa shape index (κ3) is 7.09. The zero-order valence-electron chi connectivity index (χ0n) is 23.2. The molecule has 2 heterocycles. The van der Waals surface area contributed by atoms with Crippen molar-refractivity contribution in [2.24, 2.45) is 0 Å². The fourth-order valence-corrected chi connectivity index (χ4v) is 6.36. The molecule has 1 aliphatic carbocycles. The molecule has 1 aromatic heterocycles. The van der Waals surface area contributed by atoms with Gasteiger partial charge in [-0.15, -0.1) is 0 Å². The Kier molecular flexibility index (Phi) is 8.16. The Labute approximate surface area is 227 Å². The average molecular weight is 545 g/mol. The summed E-state index contributed by atoms with van der Waals surface area (Å²) in [5.74, 6) is 1.75. The van der Waals surface area contributed by atoms with E-state index < -0.39 is 32.8 Å². The lowest BCUT2D eigenvalue weighted by atomic mass is 10.1. The highest BCUT2D eigenvalue weighted by atomic mass is 32.2. The maximum Gasteiger partial charge on any atom is 0.412 e. The van der Waals surface area contributed by atoms with Crippen molar-refractivity contribution < 1.29 is 23.6 Å². The van der Waals surface area contributed by atoms with Crippen LogP contribution in [-0.2, 0) is 25.0 Å². The summed E-state index contributed by atoms with van der Waals surface area (Å²) in [5.41, 5.74) is 0.721. The summed E-state index contributed by atoms with van der Waals surface area (Å²) in [6, 6.07) is 9.45. The molecule has 9 nitrogen and oxygen atoms in total. The van der Waals surface area contributed by atoms with Gasteiger partial charge < -0.3 is 19.5 Å². The molecule has 0 bridgehead atoms. The summed E-state index contributed by atoms with van der Waals surface area (Å²) in [7, 11) is -1.18. The van der Waals surface area contributed by atoms with Gasteiger partial charge in [0.05, 0.1) is 35.3 Å². The Morgan fingerprint density at radius 3 is 2.47 bits per heavy atom. The number of morpholine rings is 1. The minimum Gasteiger partial charge on any atom is -0.444 e. The number of ether oxygens (including phenoxy) is 2. The number of amides is 1. The van der Waals surface area contributed by atoms with Crippen molar-refractivity contribution >= 4 is 28.4 Å². The van der Waals surface area contributed by atoms with E-state index in [1.165, 1.54) is 0 Å². The van der Waals surface area contributed by atoms with Crippen molar-refractivity contribution in [1.82, 2.24) is 9.97 Å². The van der Waals surface area contributed by atoms with Gasteiger partial charge in [-0.25, -0.2) is 14.8 Å². The quantitative estimate of drug-likeness (QED) is 0.495. The highest BCUT2D eigenvalue weighted by molar-refractivity contribution is 7.86. The van der Waals surface area contributed by atoms with Crippen molar-refractivity contribution in [3.8, 4) is 11.4 Å². The Morgan fingerprint density at radius 1 is 1.21 bits per heavy atom. The van der Waals surface area contributed by atoms with Crippen LogP contribution in [0.15, 0.2) is 30.3 Å². The first-order valence-corrected chi connectivity index (χ1v) is 14.5. The van der Waals surface area contributed by atoms with Crippen molar-refractivity contribution in [3.63, 3.8) is 0 Å². The molecular formula is C28H40N4O5S. The molecule has 1 aromatic carbocycles. The Hall–Kier alpha value is -2.56. The lowest BCUT2D eigenvalue weighted by Gasteiger charge is -2.34. The summed E-state index contributed by atoms with van der Waals surface area (Å²) in [6.07, 6.45) is 1.52. The van der Waals surface area contributed by atoms with E-state index in [0.29, 0.717) is 43.4 Å². The van der Waals surface area contributed by atoms with Crippen LogP contribution in [0.2, 0.25) is 0 Å². The molecule has 1 amide bonds. The first-order chi connectivity index (χ1) is 17.8. The summed E-state index contributed by atoms with van der Waals surface area (Å²) in [6.45, 7) is 13.0. The maximum absolute atomic E-state index is 13.5. The second-order valence-corrected chi connectivity index (χ2v) is 13.7. The van der Waals surface area contributed by atoms with Gasteiger partial charge in [0.2, 0.25) is 0 Å². The molecule has 0 spiro atoms. The van der Waals surface area contributed by atoms with Gasteiger partial charge in [0.1, 0.15) is 11.4 Å². The lowest BCUT2D eigenvalue weighted by Crippen LogP contribution is -2.44. The van der Waals surface area contributed by atoms with Crippen LogP contribution in [0.3, 0.4) is 0 Å². The first kappa shape index (κ1) is 28.4. The highest BCUT2D eigenvalue weighted by Crippen LogP contribution is 2.51. The zero-order chi connectivity index (χ0) is 27.7. The van der Waals surface area contributed by atoms with Crippen LogP contribution in [0.25, 0.3) is 11.4 Å². The predicted molar refractivity (Wildman–Crippen MR) is 150 cm³/mol. The number of carbonyl (C=O) groups is 1. The molecule has 2 fully saturated rings. The van der Waals surface area contributed by atoms with E-state index in [1.807, 2.05) is 39.0 Å². The third-order valence-electron chi connectivity index (χ3n) is 6.67. The molecule has 0 radical (unpaired) electrons. The van der Waals surface area contributed by atoms with Crippen molar-refractivity contribution in [2.75, 3.05) is 35.7 Å². The fourth-order valence-electron chi connectivity index (χ4n) is 4.39. The predicted octanol–water partition coefficient (Wildman–Crippen LogP) is 4.61. The van der Waals surface area contributed by atoms with E-state index in [4.69, 9.17) is 19.4 Å². The number of rotatable bonds is 8. The van der Waals surface area contributed by atoms with Gasteiger partial charge in [-0.05, 0) is 85.1 Å². The number of aromatic nitrogens is 2. The highest BCUT2D eigenvalue weighted by Gasteiger charge is 2.52. The molecule has 10 heteroatoms. The number of hydrogen-bond acceptors (Lipinski definition) is 8. The minimum atomic E-state index is -1.18. The summed E-state index contributed by atoms with van der Waals surface area (Å²) in [4.78, 5) is 24.2. The van der Waals surface area contributed by atoms with Crippen LogP contribution >= 0.6 is 0 Å². The van der Waals surface area contributed by atoms with Crippen molar-refractivity contribution in [1.29, 1.82) is 0 Å². The SMILES string of the molecule is C[C@H]1COCCN1c1cc(C2(S(=O)CCC(C)(C)O)CC2)nc(-c2ccc(NC(=O)OC(C)(C)C)cc2)n1. The first-order valence-electron chi connectivity index (χ1n) is 13.2. The molecule has 1 saturated heterocycles. The minimum absolute atomic E-state index is 0.149. The molecule has 1 unspecified atom stereocenters. The number of nitrogens with one attached hydrogen (secondary N) is 1. The number of anilines is 2.